The molecule has 0 radical (unpaired) electrons. The molecule has 0 heterocycles. The van der Waals surface area contributed by atoms with Gasteiger partial charge in [0.1, 0.15) is 11.6 Å². The molecule has 2 aromatic carbocycles. The zero-order valence-corrected chi connectivity index (χ0v) is 13.8. The minimum atomic E-state index is -0.301. The van der Waals surface area contributed by atoms with Gasteiger partial charge in [-0.25, -0.2) is 4.39 Å². The molecule has 2 aromatic rings. The Morgan fingerprint density at radius 1 is 1.17 bits per heavy atom. The molecule has 0 bridgehead atoms. The quantitative estimate of drug-likeness (QED) is 0.807. The van der Waals surface area contributed by atoms with E-state index in [4.69, 9.17) is 4.74 Å². The van der Waals surface area contributed by atoms with Crippen LogP contribution in [-0.2, 0) is 11.3 Å². The second-order valence-electron chi connectivity index (χ2n) is 5.90. The van der Waals surface area contributed by atoms with E-state index in [-0.39, 0.29) is 18.3 Å². The fraction of sp³-hybridized carbons (Fsp3) is 0.316. The second kappa shape index (κ2) is 7.77. The average molecular weight is 315 g/mol. The highest BCUT2D eigenvalue weighted by Crippen LogP contribution is 2.20. The molecule has 0 aliphatic carbocycles. The summed E-state index contributed by atoms with van der Waals surface area (Å²) in [5, 5.41) is 0. The van der Waals surface area contributed by atoms with Gasteiger partial charge in [-0.05, 0) is 41.3 Å². The molecular formula is C19H22FNO2. The van der Waals surface area contributed by atoms with E-state index in [0.29, 0.717) is 18.2 Å². The van der Waals surface area contributed by atoms with Gasteiger partial charge in [0.05, 0.1) is 0 Å². The van der Waals surface area contributed by atoms with Crippen LogP contribution in [0.15, 0.2) is 48.5 Å². The number of hydrogen-bond donors (Lipinski definition) is 0. The van der Waals surface area contributed by atoms with Gasteiger partial charge in [0.15, 0.2) is 6.61 Å². The number of amides is 1. The highest BCUT2D eigenvalue weighted by molar-refractivity contribution is 5.77. The lowest BCUT2D eigenvalue weighted by atomic mass is 10.0. The van der Waals surface area contributed by atoms with E-state index >= 15 is 0 Å². The molecule has 0 fully saturated rings. The van der Waals surface area contributed by atoms with Crippen LogP contribution in [0, 0.1) is 5.82 Å². The molecule has 4 heteroatoms. The molecule has 0 saturated carbocycles. The fourth-order valence-corrected chi connectivity index (χ4v) is 2.22. The summed E-state index contributed by atoms with van der Waals surface area (Å²) in [6, 6.07) is 14.0. The van der Waals surface area contributed by atoms with E-state index in [9.17, 15) is 9.18 Å². The summed E-state index contributed by atoms with van der Waals surface area (Å²) in [4.78, 5) is 13.7. The summed E-state index contributed by atoms with van der Waals surface area (Å²) in [6.07, 6.45) is 0. The summed E-state index contributed by atoms with van der Waals surface area (Å²) in [5.41, 5.74) is 1.92. The molecule has 0 aliphatic heterocycles. The molecule has 0 aromatic heterocycles. The standard InChI is InChI=1S/C19H22FNO2/c1-14(2)16-7-5-9-18(11-16)23-13-19(22)21(3)12-15-6-4-8-17(20)10-15/h4-11,14H,12-13H2,1-3H3. The van der Waals surface area contributed by atoms with Gasteiger partial charge >= 0.3 is 0 Å². The van der Waals surface area contributed by atoms with Crippen LogP contribution in [0.5, 0.6) is 5.75 Å². The molecular weight excluding hydrogens is 293 g/mol. The smallest absolute Gasteiger partial charge is 0.260 e. The van der Waals surface area contributed by atoms with Gasteiger partial charge in [-0.15, -0.1) is 0 Å². The van der Waals surface area contributed by atoms with Crippen LogP contribution < -0.4 is 4.74 Å². The first-order valence-electron chi connectivity index (χ1n) is 7.67. The third-order valence-corrected chi connectivity index (χ3v) is 3.62. The van der Waals surface area contributed by atoms with Crippen molar-refractivity contribution in [3.8, 4) is 5.75 Å². The van der Waals surface area contributed by atoms with Crippen molar-refractivity contribution in [3.63, 3.8) is 0 Å². The van der Waals surface area contributed by atoms with Crippen LogP contribution in [0.3, 0.4) is 0 Å². The molecule has 0 N–H and O–H groups in total. The monoisotopic (exact) mass is 315 g/mol. The maximum atomic E-state index is 13.2. The van der Waals surface area contributed by atoms with Gasteiger partial charge in [-0.3, -0.25) is 4.79 Å². The molecule has 23 heavy (non-hydrogen) atoms. The van der Waals surface area contributed by atoms with Gasteiger partial charge in [-0.1, -0.05) is 38.1 Å². The largest absolute Gasteiger partial charge is 0.484 e. The average Bonchev–Trinajstić information content (AvgIpc) is 2.52. The van der Waals surface area contributed by atoms with Crippen molar-refractivity contribution in [1.82, 2.24) is 4.90 Å². The first-order chi connectivity index (χ1) is 11.0. The van der Waals surface area contributed by atoms with Crippen LogP contribution in [-0.4, -0.2) is 24.5 Å². The Labute approximate surface area is 136 Å². The Balaban J connectivity index is 1.90. The fourth-order valence-electron chi connectivity index (χ4n) is 2.22. The van der Waals surface area contributed by atoms with Crippen molar-refractivity contribution in [2.24, 2.45) is 0 Å². The van der Waals surface area contributed by atoms with Crippen LogP contribution in [0.2, 0.25) is 0 Å². The topological polar surface area (TPSA) is 29.5 Å². The number of carbonyl (C=O) groups excluding carboxylic acids is 1. The van der Waals surface area contributed by atoms with Crippen molar-refractivity contribution in [2.75, 3.05) is 13.7 Å². The van der Waals surface area contributed by atoms with E-state index in [1.807, 2.05) is 24.3 Å². The van der Waals surface area contributed by atoms with E-state index in [1.54, 1.807) is 19.2 Å². The van der Waals surface area contributed by atoms with Crippen molar-refractivity contribution >= 4 is 5.91 Å². The first-order valence-corrected chi connectivity index (χ1v) is 7.67. The van der Waals surface area contributed by atoms with Gasteiger partial charge in [0.2, 0.25) is 0 Å². The Morgan fingerprint density at radius 2 is 1.91 bits per heavy atom. The van der Waals surface area contributed by atoms with Crippen LogP contribution in [0.25, 0.3) is 0 Å². The van der Waals surface area contributed by atoms with Crippen LogP contribution >= 0.6 is 0 Å². The Hall–Kier alpha value is -2.36. The third-order valence-electron chi connectivity index (χ3n) is 3.62. The van der Waals surface area contributed by atoms with Crippen molar-refractivity contribution in [1.29, 1.82) is 0 Å². The second-order valence-corrected chi connectivity index (χ2v) is 5.90. The lowest BCUT2D eigenvalue weighted by Gasteiger charge is -2.18. The maximum absolute atomic E-state index is 13.2. The summed E-state index contributed by atoms with van der Waals surface area (Å²) in [6.45, 7) is 4.54. The molecule has 0 spiro atoms. The lowest BCUT2D eigenvalue weighted by molar-refractivity contribution is -0.132. The van der Waals surface area contributed by atoms with Crippen LogP contribution in [0.1, 0.15) is 30.9 Å². The SMILES string of the molecule is CC(C)c1cccc(OCC(=O)N(C)Cc2cccc(F)c2)c1. The number of carbonyl (C=O) groups is 1. The molecule has 0 saturated heterocycles. The Kier molecular flexibility index (Phi) is 5.74. The minimum Gasteiger partial charge on any atom is -0.484 e. The highest BCUT2D eigenvalue weighted by atomic mass is 19.1. The molecule has 2 rings (SSSR count). The van der Waals surface area contributed by atoms with Gasteiger partial charge in [-0.2, -0.15) is 0 Å². The highest BCUT2D eigenvalue weighted by Gasteiger charge is 2.11. The first kappa shape index (κ1) is 17.0. The number of rotatable bonds is 6. The maximum Gasteiger partial charge on any atom is 0.260 e. The summed E-state index contributed by atoms with van der Waals surface area (Å²) in [7, 11) is 1.68. The lowest BCUT2D eigenvalue weighted by Crippen LogP contribution is -2.31. The molecule has 0 aliphatic rings. The Bertz CT molecular complexity index is 670. The molecule has 0 unspecified atom stereocenters. The van der Waals surface area contributed by atoms with Crippen LogP contribution in [0.4, 0.5) is 4.39 Å². The number of benzene rings is 2. The van der Waals surface area contributed by atoms with Crippen molar-refractivity contribution < 1.29 is 13.9 Å². The van der Waals surface area contributed by atoms with E-state index in [0.717, 1.165) is 5.56 Å². The summed E-state index contributed by atoms with van der Waals surface area (Å²) >= 11 is 0. The Morgan fingerprint density at radius 3 is 2.61 bits per heavy atom. The number of halogens is 1. The zero-order chi connectivity index (χ0) is 16.8. The van der Waals surface area contributed by atoms with Gasteiger partial charge in [0, 0.05) is 13.6 Å². The van der Waals surface area contributed by atoms with E-state index < -0.39 is 0 Å². The zero-order valence-electron chi connectivity index (χ0n) is 13.8. The van der Waals surface area contributed by atoms with Gasteiger partial charge < -0.3 is 9.64 Å². The number of nitrogens with zero attached hydrogens (tertiary/aromatic N) is 1. The predicted octanol–water partition coefficient (Wildman–Crippen LogP) is 3.99. The van der Waals surface area contributed by atoms with Crippen molar-refractivity contribution in [3.05, 3.63) is 65.5 Å². The van der Waals surface area contributed by atoms with E-state index in [1.165, 1.54) is 22.6 Å². The van der Waals surface area contributed by atoms with Crippen molar-refractivity contribution in [2.45, 2.75) is 26.3 Å². The van der Waals surface area contributed by atoms with Gasteiger partial charge in [0.25, 0.3) is 5.91 Å². The third kappa shape index (κ3) is 5.09. The molecule has 1 amide bonds. The van der Waals surface area contributed by atoms with E-state index in [2.05, 4.69) is 13.8 Å². The molecule has 122 valence electrons. The number of hydrogen-bond acceptors (Lipinski definition) is 2. The number of likely N-dealkylation sites (N-methyl/N-ethyl adjacent to an activating group) is 1. The summed E-state index contributed by atoms with van der Waals surface area (Å²) < 4.78 is 18.7. The summed E-state index contributed by atoms with van der Waals surface area (Å²) in [5.74, 6) is 0.642. The molecule has 0 atom stereocenters. The number of ether oxygens (including phenoxy) is 1. The minimum absolute atomic E-state index is 0.0344. The molecule has 3 nitrogen and oxygen atoms in total. The predicted molar refractivity (Wildman–Crippen MR) is 88.9 cm³/mol. The normalized spacial score (nSPS) is 10.7.